The van der Waals surface area contributed by atoms with Gasteiger partial charge in [-0.3, -0.25) is 4.79 Å². The van der Waals surface area contributed by atoms with Crippen LogP contribution in [0.15, 0.2) is 36.5 Å². The van der Waals surface area contributed by atoms with Gasteiger partial charge in [-0.1, -0.05) is 30.3 Å². The number of aliphatic carboxylic acids is 1. The Bertz CT molecular complexity index is 599. The first kappa shape index (κ1) is 20.9. The molecule has 0 saturated heterocycles. The van der Waals surface area contributed by atoms with Crippen molar-refractivity contribution < 1.29 is 46.0 Å². The first-order valence-electron chi connectivity index (χ1n) is 6.38. The number of hydrogen-bond acceptors (Lipinski definition) is 6. The number of aliphatic hydroxyl groups is 2. The van der Waals surface area contributed by atoms with Gasteiger partial charge in [0.25, 0.3) is 0 Å². The summed E-state index contributed by atoms with van der Waals surface area (Å²) >= 11 is 1.06. The van der Waals surface area contributed by atoms with Crippen molar-refractivity contribution in [2.75, 3.05) is 13.7 Å². The maximum atomic E-state index is 11.8. The number of carbonyl (C=O) groups excluding carboxylic acids is 1. The Morgan fingerprint density at radius 3 is 2.43 bits per heavy atom. The van der Waals surface area contributed by atoms with E-state index in [2.05, 4.69) is 5.32 Å². The number of carboxylic acids is 1. The van der Waals surface area contributed by atoms with Crippen molar-refractivity contribution in [1.82, 2.24) is 5.32 Å². The zero-order chi connectivity index (χ0) is 17.8. The van der Waals surface area contributed by atoms with Crippen LogP contribution in [0, 0.1) is 0 Å². The molecule has 1 aliphatic carbocycles. The molecule has 1 aromatic rings. The maximum absolute atomic E-state index is 11.8. The first-order valence-corrected chi connectivity index (χ1v) is 6.95. The van der Waals surface area contributed by atoms with Crippen molar-refractivity contribution in [3.63, 3.8) is 0 Å². The van der Waals surface area contributed by atoms with E-state index < -0.39 is 18.6 Å². The van der Waals surface area contributed by atoms with Gasteiger partial charge in [0.15, 0.2) is 5.78 Å². The Kier molecular flexibility index (Phi) is 10.5. The number of benzene rings is 1. The minimum atomic E-state index is -1.17. The summed E-state index contributed by atoms with van der Waals surface area (Å²) in [5.41, 5.74) is 2.02. The van der Waals surface area contributed by atoms with Gasteiger partial charge in [-0.2, -0.15) is 0 Å². The number of carboxylic acid groups (broad SMARTS) is 1. The molecular weight excluding hydrogens is 341 g/mol. The summed E-state index contributed by atoms with van der Waals surface area (Å²) in [5, 5.41) is 27.3. The van der Waals surface area contributed by atoms with Crippen LogP contribution in [0.1, 0.15) is 11.1 Å². The van der Waals surface area contributed by atoms with Crippen LogP contribution in [0.4, 0.5) is 0 Å². The van der Waals surface area contributed by atoms with E-state index >= 15 is 0 Å². The summed E-state index contributed by atoms with van der Waals surface area (Å²) in [7, 11) is 1.00. The van der Waals surface area contributed by atoms with Crippen LogP contribution in [-0.4, -0.2) is 46.8 Å². The van der Waals surface area contributed by atoms with Crippen LogP contribution in [0.2, 0.25) is 0 Å². The minimum absolute atomic E-state index is 0.201. The molecule has 8 heteroatoms. The second-order valence-electron chi connectivity index (χ2n) is 4.08. The molecule has 0 radical (unpaired) electrons. The third kappa shape index (κ3) is 5.92. The standard InChI is InChI=1S/C14H13NO4.CH4O.O.V/c16-8-12(14(18)19)15-7-11-10-4-2-1-3-9(10)5-6-13(11)17;1-2;;/h1-7,12,15-16H,8H2,(H,18,19);2H,1H3;;/b11-7-;;;/t12-;;;/m0.../s1. The van der Waals surface area contributed by atoms with Crippen molar-refractivity contribution in [1.29, 1.82) is 0 Å². The van der Waals surface area contributed by atoms with E-state index in [0.717, 1.165) is 35.6 Å². The molecule has 0 spiro atoms. The molecular formula is C15H17NO6V. The average molecular weight is 358 g/mol. The molecule has 0 amide bonds. The van der Waals surface area contributed by atoms with Gasteiger partial charge < -0.3 is 20.6 Å². The average Bonchev–Trinajstić information content (AvgIpc) is 2.60. The van der Waals surface area contributed by atoms with E-state index in [4.69, 9.17) is 19.0 Å². The monoisotopic (exact) mass is 358 g/mol. The molecule has 0 saturated carbocycles. The fourth-order valence-electron chi connectivity index (χ4n) is 1.81. The van der Waals surface area contributed by atoms with E-state index in [1.807, 2.05) is 12.1 Å². The Morgan fingerprint density at radius 1 is 1.26 bits per heavy atom. The number of fused-ring (bicyclic) bond motifs is 1. The third-order valence-corrected chi connectivity index (χ3v) is 2.84. The molecule has 4 N–H and O–H groups in total. The first-order chi connectivity index (χ1) is 11.1. The second-order valence-corrected chi connectivity index (χ2v) is 4.08. The topological polar surface area (TPSA) is 124 Å². The molecule has 0 heterocycles. The van der Waals surface area contributed by atoms with Crippen molar-refractivity contribution in [2.24, 2.45) is 0 Å². The van der Waals surface area contributed by atoms with Gasteiger partial charge in [0.05, 0.1) is 6.61 Å². The number of carbonyl (C=O) groups is 2. The summed E-state index contributed by atoms with van der Waals surface area (Å²) < 4.78 is 8.19. The zero-order valence-electron chi connectivity index (χ0n) is 12.3. The van der Waals surface area contributed by atoms with Crippen LogP contribution in [0.3, 0.4) is 0 Å². The van der Waals surface area contributed by atoms with E-state index in [9.17, 15) is 9.59 Å². The molecule has 1 atom stereocenters. The van der Waals surface area contributed by atoms with E-state index in [-0.39, 0.29) is 5.78 Å². The zero-order valence-corrected chi connectivity index (χ0v) is 13.7. The quantitative estimate of drug-likeness (QED) is 0.565. The third-order valence-electron chi connectivity index (χ3n) is 2.84. The Balaban J connectivity index is 0.00000112. The van der Waals surface area contributed by atoms with E-state index in [0.29, 0.717) is 5.57 Å². The van der Waals surface area contributed by atoms with Crippen LogP contribution in [0.5, 0.6) is 0 Å². The molecule has 0 fully saturated rings. The molecule has 0 aliphatic heterocycles. The summed E-state index contributed by atoms with van der Waals surface area (Å²) in [4.78, 5) is 22.6. The van der Waals surface area contributed by atoms with E-state index in [1.165, 1.54) is 12.3 Å². The number of rotatable bonds is 4. The van der Waals surface area contributed by atoms with Gasteiger partial charge in [-0.05, 0) is 17.2 Å². The number of hydrogen-bond donors (Lipinski definition) is 4. The predicted molar refractivity (Wildman–Crippen MR) is 78.9 cm³/mol. The van der Waals surface area contributed by atoms with Crippen LogP contribution >= 0.6 is 0 Å². The molecule has 7 nitrogen and oxygen atoms in total. The van der Waals surface area contributed by atoms with Crippen molar-refractivity contribution in [2.45, 2.75) is 6.04 Å². The number of aliphatic hydroxyl groups excluding tert-OH is 2. The van der Waals surface area contributed by atoms with Gasteiger partial charge >= 0.3 is 27.0 Å². The molecule has 2 rings (SSSR count). The van der Waals surface area contributed by atoms with Crippen molar-refractivity contribution in [3.05, 3.63) is 47.7 Å². The van der Waals surface area contributed by atoms with Gasteiger partial charge in [0, 0.05) is 18.9 Å². The van der Waals surface area contributed by atoms with Gasteiger partial charge in [-0.25, -0.2) is 4.79 Å². The second kappa shape index (κ2) is 11.5. The number of ketones is 1. The van der Waals surface area contributed by atoms with Crippen LogP contribution < -0.4 is 5.32 Å². The molecule has 0 bridgehead atoms. The summed E-state index contributed by atoms with van der Waals surface area (Å²) in [5.74, 6) is -1.38. The molecule has 0 unspecified atom stereocenters. The molecule has 1 aliphatic rings. The molecule has 123 valence electrons. The predicted octanol–water partition coefficient (Wildman–Crippen LogP) is 0.146. The summed E-state index contributed by atoms with van der Waals surface area (Å²) in [6.45, 7) is -0.551. The number of nitrogens with one attached hydrogen (secondary N) is 1. The summed E-state index contributed by atoms with van der Waals surface area (Å²) in [6, 6.07) is 6.20. The summed E-state index contributed by atoms with van der Waals surface area (Å²) in [6.07, 6.45) is 4.50. The van der Waals surface area contributed by atoms with Crippen LogP contribution in [-0.2, 0) is 30.6 Å². The Labute approximate surface area is 142 Å². The SMILES string of the molecule is CO.O=C1C=Cc2ccccc2/C1=C/N[C@@H](CO)C(=O)O.[O]=[V]. The fraction of sp³-hybridized carbons (Fsp3) is 0.200. The van der Waals surface area contributed by atoms with Gasteiger partial charge in [0.1, 0.15) is 6.04 Å². The number of allylic oxidation sites excluding steroid dienone is 2. The Hall–Kier alpha value is -2.06. The van der Waals surface area contributed by atoms with E-state index in [1.54, 1.807) is 18.2 Å². The van der Waals surface area contributed by atoms with Gasteiger partial charge in [0.2, 0.25) is 0 Å². The van der Waals surface area contributed by atoms with Crippen molar-refractivity contribution in [3.8, 4) is 0 Å². The van der Waals surface area contributed by atoms with Gasteiger partial charge in [-0.15, -0.1) is 0 Å². The fourth-order valence-corrected chi connectivity index (χ4v) is 1.81. The van der Waals surface area contributed by atoms with Crippen molar-refractivity contribution >= 4 is 23.4 Å². The Morgan fingerprint density at radius 2 is 1.87 bits per heavy atom. The molecule has 0 aromatic heterocycles. The van der Waals surface area contributed by atoms with Crippen LogP contribution in [0.25, 0.3) is 11.6 Å². The molecule has 1 aromatic carbocycles. The normalized spacial score (nSPS) is 14.5. The molecule has 23 heavy (non-hydrogen) atoms.